The topological polar surface area (TPSA) is 77.2 Å². The van der Waals surface area contributed by atoms with Gasteiger partial charge in [-0.05, 0) is 13.0 Å². The van der Waals surface area contributed by atoms with Gasteiger partial charge in [0.25, 0.3) is 0 Å². The zero-order chi connectivity index (χ0) is 10.3. The molecule has 0 fully saturated rings. The predicted molar refractivity (Wildman–Crippen MR) is 55.9 cm³/mol. The van der Waals surface area contributed by atoms with Gasteiger partial charge in [0.1, 0.15) is 0 Å². The summed E-state index contributed by atoms with van der Waals surface area (Å²) < 4.78 is 33.2. The van der Waals surface area contributed by atoms with Crippen LogP contribution in [0.1, 0.15) is 13.3 Å². The normalized spacial score (nSPS) is 14.3. The first kappa shape index (κ1) is 13.1. The molecule has 6 heteroatoms. The number of hydrogen-bond acceptors (Lipinski definition) is 4. The molecule has 0 aliphatic heterocycles. The summed E-state index contributed by atoms with van der Waals surface area (Å²) in [6.07, 6.45) is 0.693. The molecule has 1 atom stereocenters. The molecule has 0 heterocycles. The van der Waals surface area contributed by atoms with Gasteiger partial charge in [0, 0.05) is 28.1 Å². The van der Waals surface area contributed by atoms with E-state index in [4.69, 9.17) is 5.73 Å². The molecule has 0 amide bonds. The minimum atomic E-state index is -2.96. The fourth-order valence-corrected chi connectivity index (χ4v) is 3.45. The van der Waals surface area contributed by atoms with Crippen LogP contribution in [-0.4, -0.2) is 42.2 Å². The Kier molecular flexibility index (Phi) is 6.53. The van der Waals surface area contributed by atoms with E-state index in [2.05, 4.69) is 0 Å². The first-order chi connectivity index (χ1) is 6.02. The molecule has 80 valence electrons. The smallest absolute Gasteiger partial charge is 0.150 e. The van der Waals surface area contributed by atoms with Gasteiger partial charge in [0.05, 0.1) is 5.75 Å². The van der Waals surface area contributed by atoms with E-state index in [0.29, 0.717) is 18.7 Å². The average Bonchev–Trinajstić information content (AvgIpc) is 2.11. The van der Waals surface area contributed by atoms with E-state index in [1.807, 2.05) is 0 Å². The summed E-state index contributed by atoms with van der Waals surface area (Å²) in [7, 11) is -3.99. The highest BCUT2D eigenvalue weighted by Crippen LogP contribution is 1.93. The van der Waals surface area contributed by atoms with Gasteiger partial charge in [-0.25, -0.2) is 8.42 Å². The standard InChI is InChI=1S/C7H17NO3S2/c1-2-13(10,11)7-6-12(9)5-3-4-8/h2-8H2,1H3. The molecule has 0 aliphatic carbocycles. The quantitative estimate of drug-likeness (QED) is 0.637. The van der Waals surface area contributed by atoms with Crippen molar-refractivity contribution < 1.29 is 12.6 Å². The molecule has 0 aromatic rings. The van der Waals surface area contributed by atoms with Crippen LogP contribution in [0.5, 0.6) is 0 Å². The first-order valence-electron chi connectivity index (χ1n) is 4.27. The zero-order valence-corrected chi connectivity index (χ0v) is 9.49. The Balaban J connectivity index is 3.71. The Labute approximate surface area is 82.3 Å². The highest BCUT2D eigenvalue weighted by molar-refractivity contribution is 7.93. The molecule has 13 heavy (non-hydrogen) atoms. The van der Waals surface area contributed by atoms with Crippen LogP contribution in [-0.2, 0) is 20.6 Å². The maximum atomic E-state index is 11.2. The van der Waals surface area contributed by atoms with Crippen molar-refractivity contribution in [1.29, 1.82) is 0 Å². The lowest BCUT2D eigenvalue weighted by atomic mass is 10.5. The van der Waals surface area contributed by atoms with Crippen LogP contribution in [0.15, 0.2) is 0 Å². The molecule has 0 radical (unpaired) electrons. The van der Waals surface area contributed by atoms with E-state index < -0.39 is 20.6 Å². The summed E-state index contributed by atoms with van der Waals surface area (Å²) in [5, 5.41) is 0. The Bertz CT molecular complexity index is 248. The Morgan fingerprint density at radius 3 is 2.38 bits per heavy atom. The van der Waals surface area contributed by atoms with E-state index in [1.54, 1.807) is 6.92 Å². The van der Waals surface area contributed by atoms with E-state index >= 15 is 0 Å². The molecule has 0 saturated heterocycles. The second kappa shape index (κ2) is 6.50. The van der Waals surface area contributed by atoms with E-state index in [1.165, 1.54) is 0 Å². The molecule has 0 rings (SSSR count). The molecule has 0 saturated carbocycles. The van der Waals surface area contributed by atoms with Crippen molar-refractivity contribution in [2.45, 2.75) is 13.3 Å². The molecule has 2 N–H and O–H groups in total. The Morgan fingerprint density at radius 1 is 1.31 bits per heavy atom. The summed E-state index contributed by atoms with van der Waals surface area (Å²) in [6, 6.07) is 0. The van der Waals surface area contributed by atoms with Crippen LogP contribution in [0.2, 0.25) is 0 Å². The zero-order valence-electron chi connectivity index (χ0n) is 7.86. The Morgan fingerprint density at radius 2 is 1.92 bits per heavy atom. The van der Waals surface area contributed by atoms with Crippen LogP contribution in [0.25, 0.3) is 0 Å². The Hall–Kier alpha value is 0.0600. The average molecular weight is 227 g/mol. The summed E-state index contributed by atoms with van der Waals surface area (Å²) in [4.78, 5) is 0. The third-order valence-electron chi connectivity index (χ3n) is 1.64. The van der Waals surface area contributed by atoms with Crippen LogP contribution >= 0.6 is 0 Å². The van der Waals surface area contributed by atoms with Crippen LogP contribution in [0.4, 0.5) is 0 Å². The molecule has 0 aliphatic rings. The molecular formula is C7H17NO3S2. The summed E-state index contributed by atoms with van der Waals surface area (Å²) in [5.74, 6) is 0.910. The third-order valence-corrected chi connectivity index (χ3v) is 5.01. The van der Waals surface area contributed by atoms with Gasteiger partial charge in [-0.2, -0.15) is 0 Å². The second-order valence-electron chi connectivity index (χ2n) is 2.73. The molecule has 0 aromatic carbocycles. The second-order valence-corrected chi connectivity index (χ2v) is 6.90. The molecule has 4 nitrogen and oxygen atoms in total. The van der Waals surface area contributed by atoms with Crippen LogP contribution in [0.3, 0.4) is 0 Å². The largest absolute Gasteiger partial charge is 0.330 e. The SMILES string of the molecule is CCS(=O)(=O)CCS(=O)CCCN. The highest BCUT2D eigenvalue weighted by Gasteiger charge is 2.09. The van der Waals surface area contributed by atoms with Crippen molar-refractivity contribution in [3.8, 4) is 0 Å². The van der Waals surface area contributed by atoms with Gasteiger partial charge >= 0.3 is 0 Å². The number of rotatable bonds is 7. The number of nitrogens with two attached hydrogens (primary N) is 1. The number of sulfone groups is 1. The molecule has 0 spiro atoms. The molecule has 1 unspecified atom stereocenters. The molecule has 0 bridgehead atoms. The summed E-state index contributed by atoms with van der Waals surface area (Å²) in [6.45, 7) is 2.10. The highest BCUT2D eigenvalue weighted by atomic mass is 32.2. The van der Waals surface area contributed by atoms with Crippen molar-refractivity contribution in [2.24, 2.45) is 5.73 Å². The fraction of sp³-hybridized carbons (Fsp3) is 1.00. The summed E-state index contributed by atoms with van der Waals surface area (Å²) >= 11 is 0. The van der Waals surface area contributed by atoms with Crippen molar-refractivity contribution in [2.75, 3.05) is 29.6 Å². The van der Waals surface area contributed by atoms with Gasteiger partial charge < -0.3 is 5.73 Å². The van der Waals surface area contributed by atoms with Crippen molar-refractivity contribution in [3.63, 3.8) is 0 Å². The maximum Gasteiger partial charge on any atom is 0.150 e. The molecule has 0 aromatic heterocycles. The third kappa shape index (κ3) is 7.16. The minimum absolute atomic E-state index is 0.0285. The minimum Gasteiger partial charge on any atom is -0.330 e. The van der Waals surface area contributed by atoms with Crippen molar-refractivity contribution in [3.05, 3.63) is 0 Å². The maximum absolute atomic E-state index is 11.2. The lowest BCUT2D eigenvalue weighted by molar-refractivity contribution is 0.598. The van der Waals surface area contributed by atoms with Gasteiger partial charge in [-0.1, -0.05) is 6.92 Å². The monoisotopic (exact) mass is 227 g/mol. The predicted octanol–water partition coefficient (Wildman–Crippen LogP) is -0.481. The van der Waals surface area contributed by atoms with E-state index in [9.17, 15) is 12.6 Å². The van der Waals surface area contributed by atoms with E-state index in [0.717, 1.165) is 0 Å². The summed E-state index contributed by atoms with van der Waals surface area (Å²) in [5.41, 5.74) is 5.23. The van der Waals surface area contributed by atoms with Gasteiger partial charge in [-0.15, -0.1) is 0 Å². The number of hydrogen-bond donors (Lipinski definition) is 1. The van der Waals surface area contributed by atoms with Crippen LogP contribution in [0, 0.1) is 0 Å². The van der Waals surface area contributed by atoms with Crippen molar-refractivity contribution in [1.82, 2.24) is 0 Å². The molecular weight excluding hydrogens is 210 g/mol. The lowest BCUT2D eigenvalue weighted by Gasteiger charge is -2.01. The fourth-order valence-electron chi connectivity index (χ4n) is 0.711. The first-order valence-corrected chi connectivity index (χ1v) is 7.58. The van der Waals surface area contributed by atoms with Crippen LogP contribution < -0.4 is 5.73 Å². The van der Waals surface area contributed by atoms with Gasteiger partial charge in [-0.3, -0.25) is 4.21 Å². The van der Waals surface area contributed by atoms with Gasteiger partial charge in [0.15, 0.2) is 9.84 Å². The van der Waals surface area contributed by atoms with Crippen molar-refractivity contribution >= 4 is 20.6 Å². The lowest BCUT2D eigenvalue weighted by Crippen LogP contribution is -2.17. The van der Waals surface area contributed by atoms with Gasteiger partial charge in [0.2, 0.25) is 0 Å². The van der Waals surface area contributed by atoms with E-state index in [-0.39, 0.29) is 17.3 Å².